The van der Waals surface area contributed by atoms with Crippen LogP contribution in [0.5, 0.6) is 17.2 Å². The minimum atomic E-state index is -0.964. The molecule has 36 heavy (non-hydrogen) atoms. The summed E-state index contributed by atoms with van der Waals surface area (Å²) in [4.78, 5) is 42.6. The van der Waals surface area contributed by atoms with E-state index >= 15 is 0 Å². The fourth-order valence-corrected chi connectivity index (χ4v) is 5.42. The number of nitrogens with zero attached hydrogens (tertiary/aromatic N) is 2. The number of hydrogen-bond acceptors (Lipinski definition) is 6. The van der Waals surface area contributed by atoms with Crippen LogP contribution in [-0.4, -0.2) is 59.2 Å². The number of nitrogens with one attached hydrogen (secondary N) is 1. The molecule has 0 aromatic heterocycles. The van der Waals surface area contributed by atoms with E-state index in [1.54, 1.807) is 24.0 Å². The van der Waals surface area contributed by atoms with Crippen LogP contribution < -0.4 is 19.5 Å². The number of likely N-dealkylation sites (tertiary alicyclic amines) is 1. The van der Waals surface area contributed by atoms with Gasteiger partial charge in [0.1, 0.15) is 11.3 Å². The van der Waals surface area contributed by atoms with E-state index < -0.39 is 11.6 Å². The number of urea groups is 1. The maximum atomic E-state index is 13.6. The molecule has 9 heteroatoms. The smallest absolute Gasteiger partial charge is 0.325 e. The molecule has 2 aromatic carbocycles. The van der Waals surface area contributed by atoms with Crippen LogP contribution in [0.2, 0.25) is 0 Å². The molecule has 3 heterocycles. The molecule has 190 valence electrons. The second kappa shape index (κ2) is 9.72. The summed E-state index contributed by atoms with van der Waals surface area (Å²) < 4.78 is 16.6. The molecule has 0 aliphatic carbocycles. The van der Waals surface area contributed by atoms with Gasteiger partial charge in [-0.2, -0.15) is 0 Å². The summed E-state index contributed by atoms with van der Waals surface area (Å²) in [6.07, 6.45) is 1.14. The lowest BCUT2D eigenvalue weighted by molar-refractivity contribution is -0.140. The lowest BCUT2D eigenvalue weighted by Crippen LogP contribution is -2.56. The Kier molecular flexibility index (Phi) is 6.47. The van der Waals surface area contributed by atoms with Crippen molar-refractivity contribution in [2.45, 2.75) is 51.3 Å². The number of piperidine rings is 1. The Morgan fingerprint density at radius 1 is 1.11 bits per heavy atom. The number of amides is 4. The Hall–Kier alpha value is -3.75. The molecular weight excluding hydrogens is 462 g/mol. The van der Waals surface area contributed by atoms with Crippen molar-refractivity contribution in [3.63, 3.8) is 0 Å². The van der Waals surface area contributed by atoms with Crippen molar-refractivity contribution >= 4 is 17.8 Å². The number of rotatable bonds is 7. The van der Waals surface area contributed by atoms with Crippen molar-refractivity contribution in [1.82, 2.24) is 15.1 Å². The average Bonchev–Trinajstić information content (AvgIpc) is 3.47. The van der Waals surface area contributed by atoms with Gasteiger partial charge in [-0.1, -0.05) is 31.2 Å². The van der Waals surface area contributed by atoms with Crippen molar-refractivity contribution in [2.75, 3.05) is 19.9 Å². The maximum absolute atomic E-state index is 13.6. The van der Waals surface area contributed by atoms with E-state index in [0.717, 1.165) is 5.56 Å². The molecule has 5 rings (SSSR count). The fraction of sp³-hybridized carbons (Fsp3) is 0.444. The van der Waals surface area contributed by atoms with Crippen LogP contribution in [0.1, 0.15) is 38.7 Å². The first-order valence-corrected chi connectivity index (χ1v) is 12.4. The number of carbonyl (C=O) groups excluding carboxylic acids is 3. The summed E-state index contributed by atoms with van der Waals surface area (Å²) >= 11 is 0. The minimum absolute atomic E-state index is 0.0601. The molecule has 1 N–H and O–H groups in total. The van der Waals surface area contributed by atoms with Gasteiger partial charge in [-0.15, -0.1) is 0 Å². The number of hydrogen-bond donors (Lipinski definition) is 1. The number of fused-ring (bicyclic) bond motifs is 1. The summed E-state index contributed by atoms with van der Waals surface area (Å²) in [6.45, 7) is 5.03. The Balaban J connectivity index is 1.22. The Morgan fingerprint density at radius 3 is 2.56 bits per heavy atom. The first-order chi connectivity index (χ1) is 17.4. The van der Waals surface area contributed by atoms with Gasteiger partial charge < -0.3 is 24.4 Å². The standard InChI is InChI=1S/C27H31N3O6/c1-3-27(20-11-13-29(14-12-20)24(31)18(2)36-21-7-5-4-6-8-21)25(32)30(26(33)28-27)16-19-9-10-22-23(15-19)35-17-34-22/h4-10,15,18,20H,3,11-14,16-17H2,1-2H3,(H,28,33)/t18-,27+/m1/s1. The zero-order valence-electron chi connectivity index (χ0n) is 20.6. The molecule has 0 spiro atoms. The predicted octanol–water partition coefficient (Wildman–Crippen LogP) is 3.32. The zero-order valence-corrected chi connectivity index (χ0v) is 20.6. The highest BCUT2D eigenvalue weighted by atomic mass is 16.7. The third-order valence-electron chi connectivity index (χ3n) is 7.44. The van der Waals surface area contributed by atoms with Crippen molar-refractivity contribution in [3.05, 3.63) is 54.1 Å². The van der Waals surface area contributed by atoms with E-state index in [-0.39, 0.29) is 37.1 Å². The largest absolute Gasteiger partial charge is 0.481 e. The van der Waals surface area contributed by atoms with Crippen LogP contribution in [0.4, 0.5) is 4.79 Å². The van der Waals surface area contributed by atoms with Gasteiger partial charge in [-0.3, -0.25) is 14.5 Å². The molecule has 2 fully saturated rings. The molecule has 3 aliphatic heterocycles. The molecule has 2 atom stereocenters. The van der Waals surface area contributed by atoms with E-state index in [2.05, 4.69) is 5.32 Å². The second-order valence-corrected chi connectivity index (χ2v) is 9.51. The zero-order chi connectivity index (χ0) is 25.3. The Labute approximate surface area is 210 Å². The summed E-state index contributed by atoms with van der Waals surface area (Å²) in [5, 5.41) is 3.01. The van der Waals surface area contributed by atoms with Crippen molar-refractivity contribution in [3.8, 4) is 17.2 Å². The first kappa shape index (κ1) is 24.0. The number of carbonyl (C=O) groups is 3. The van der Waals surface area contributed by atoms with Gasteiger partial charge in [0, 0.05) is 13.1 Å². The molecule has 3 aliphatic rings. The molecule has 2 aromatic rings. The van der Waals surface area contributed by atoms with E-state index in [1.165, 1.54) is 4.90 Å². The quantitative estimate of drug-likeness (QED) is 0.595. The average molecular weight is 494 g/mol. The lowest BCUT2D eigenvalue weighted by Gasteiger charge is -2.41. The summed E-state index contributed by atoms with van der Waals surface area (Å²) in [5.74, 6) is 1.58. The summed E-state index contributed by atoms with van der Waals surface area (Å²) in [7, 11) is 0. The molecule has 9 nitrogen and oxygen atoms in total. The van der Waals surface area contributed by atoms with Gasteiger partial charge in [0.2, 0.25) is 6.79 Å². The van der Waals surface area contributed by atoms with Crippen molar-refractivity contribution in [2.24, 2.45) is 5.92 Å². The molecular formula is C27H31N3O6. The third-order valence-corrected chi connectivity index (χ3v) is 7.44. The van der Waals surface area contributed by atoms with Gasteiger partial charge in [0.25, 0.3) is 11.8 Å². The van der Waals surface area contributed by atoms with Gasteiger partial charge in [-0.05, 0) is 61.9 Å². The molecule has 0 unspecified atom stereocenters. The normalized spacial score (nSPS) is 22.5. The highest BCUT2D eigenvalue weighted by Crippen LogP contribution is 2.38. The number of para-hydroxylation sites is 1. The van der Waals surface area contributed by atoms with Gasteiger partial charge in [0.15, 0.2) is 17.6 Å². The Bertz CT molecular complexity index is 1150. The lowest BCUT2D eigenvalue weighted by atomic mass is 9.75. The Morgan fingerprint density at radius 2 is 1.83 bits per heavy atom. The van der Waals surface area contributed by atoms with Gasteiger partial charge >= 0.3 is 6.03 Å². The molecule has 0 saturated carbocycles. The van der Waals surface area contributed by atoms with Crippen LogP contribution in [0.3, 0.4) is 0 Å². The topological polar surface area (TPSA) is 97.4 Å². The van der Waals surface area contributed by atoms with Crippen LogP contribution >= 0.6 is 0 Å². The number of ether oxygens (including phenoxy) is 3. The molecule has 4 amide bonds. The van der Waals surface area contributed by atoms with Crippen LogP contribution in [-0.2, 0) is 16.1 Å². The fourth-order valence-electron chi connectivity index (χ4n) is 5.42. The first-order valence-electron chi connectivity index (χ1n) is 12.4. The van der Waals surface area contributed by atoms with E-state index in [9.17, 15) is 14.4 Å². The highest BCUT2D eigenvalue weighted by molar-refractivity contribution is 6.07. The van der Waals surface area contributed by atoms with Crippen molar-refractivity contribution in [1.29, 1.82) is 0 Å². The number of imide groups is 1. The van der Waals surface area contributed by atoms with E-state index in [0.29, 0.717) is 49.6 Å². The summed E-state index contributed by atoms with van der Waals surface area (Å²) in [6, 6.07) is 14.3. The maximum Gasteiger partial charge on any atom is 0.325 e. The minimum Gasteiger partial charge on any atom is -0.481 e. The SMILES string of the molecule is CC[C@@]1(C2CCN(C(=O)[C@@H](C)Oc3ccccc3)CC2)NC(=O)N(Cc2ccc3c(c2)OCO3)C1=O. The molecule has 0 bridgehead atoms. The van der Waals surface area contributed by atoms with Gasteiger partial charge in [-0.25, -0.2) is 4.79 Å². The van der Waals surface area contributed by atoms with Gasteiger partial charge in [0.05, 0.1) is 6.54 Å². The van der Waals surface area contributed by atoms with Crippen molar-refractivity contribution < 1.29 is 28.6 Å². The van der Waals surface area contributed by atoms with E-state index in [1.807, 2.05) is 43.3 Å². The molecule has 2 saturated heterocycles. The highest BCUT2D eigenvalue weighted by Gasteiger charge is 2.55. The monoisotopic (exact) mass is 493 g/mol. The molecule has 0 radical (unpaired) electrons. The van der Waals surface area contributed by atoms with E-state index in [4.69, 9.17) is 14.2 Å². The van der Waals surface area contributed by atoms with Crippen LogP contribution in [0.25, 0.3) is 0 Å². The third kappa shape index (κ3) is 4.34. The van der Waals surface area contributed by atoms with Crippen LogP contribution in [0, 0.1) is 5.92 Å². The van der Waals surface area contributed by atoms with Crippen LogP contribution in [0.15, 0.2) is 48.5 Å². The predicted molar refractivity (Wildman–Crippen MR) is 131 cm³/mol. The number of benzene rings is 2. The second-order valence-electron chi connectivity index (χ2n) is 9.51. The summed E-state index contributed by atoms with van der Waals surface area (Å²) in [5.41, 5.74) is -0.170.